The topological polar surface area (TPSA) is 61.9 Å². The number of rotatable bonds is 10. The molecule has 36 heavy (non-hydrogen) atoms. The minimum atomic E-state index is -0.719. The van der Waals surface area contributed by atoms with Crippen molar-refractivity contribution in [3.05, 3.63) is 63.6 Å². The molecule has 4 rings (SSSR count). The molecule has 2 heterocycles. The van der Waals surface area contributed by atoms with Crippen molar-refractivity contribution in [2.75, 3.05) is 39.3 Å². The van der Waals surface area contributed by atoms with E-state index in [1.54, 1.807) is 24.6 Å². The minimum absolute atomic E-state index is 0. The summed E-state index contributed by atoms with van der Waals surface area (Å²) >= 11 is 12.3. The molecule has 2 aliphatic rings. The van der Waals surface area contributed by atoms with Gasteiger partial charge in [-0.15, -0.1) is 0 Å². The number of carbonyl (C=O) groups excluding carboxylic acids is 2. The fourth-order valence-corrected chi connectivity index (χ4v) is 5.54. The zero-order valence-corrected chi connectivity index (χ0v) is 24.5. The molecule has 1 atom stereocenters. The third-order valence-corrected chi connectivity index (χ3v) is 7.59. The number of hydrogen-bond donors (Lipinski definition) is 1. The number of benzene rings is 2. The van der Waals surface area contributed by atoms with Gasteiger partial charge in [-0.2, -0.15) is 6.41 Å². The molecule has 2 saturated heterocycles. The first-order chi connectivity index (χ1) is 17.0. The number of likely N-dealkylation sites (tertiary alicyclic amines) is 2. The molecule has 0 unspecified atom stereocenters. The van der Waals surface area contributed by atoms with Crippen LogP contribution < -0.4 is 10.1 Å². The molecule has 0 spiro atoms. The van der Waals surface area contributed by atoms with Crippen LogP contribution >= 0.6 is 23.2 Å². The third kappa shape index (κ3) is 7.69. The molecule has 2 fully saturated rings. The first-order valence-electron chi connectivity index (χ1n) is 12.3. The predicted octanol–water partition coefficient (Wildman–Crippen LogP) is 4.44. The van der Waals surface area contributed by atoms with Gasteiger partial charge in [0.25, 0.3) is 0 Å². The largest absolute Gasteiger partial charge is 0.520 e. The number of nitrogens with one attached hydrogen (secondary N) is 1. The summed E-state index contributed by atoms with van der Waals surface area (Å²) in [6.45, 7) is 5.23. The maximum atomic E-state index is 13.2. The van der Waals surface area contributed by atoms with Crippen LogP contribution in [0.5, 0.6) is 5.75 Å². The third-order valence-electron chi connectivity index (χ3n) is 7.00. The smallest absolute Gasteiger partial charge is 0.242 e. The summed E-state index contributed by atoms with van der Waals surface area (Å²) in [4.78, 5) is 28.6. The average molecular weight is 704 g/mol. The molecule has 1 N–H and O–H groups in total. The Bertz CT molecular complexity index is 1010. The van der Waals surface area contributed by atoms with E-state index in [1.807, 2.05) is 17.0 Å². The van der Waals surface area contributed by atoms with E-state index in [9.17, 15) is 9.59 Å². The summed E-state index contributed by atoms with van der Waals surface area (Å²) in [6, 6.07) is 12.7. The molecule has 195 valence electrons. The van der Waals surface area contributed by atoms with E-state index in [4.69, 9.17) is 27.9 Å². The number of hydrogen-bond acceptors (Lipinski definition) is 4. The Morgan fingerprint density at radius 2 is 1.81 bits per heavy atom. The Hall–Kier alpha value is -1.62. The van der Waals surface area contributed by atoms with Crippen LogP contribution in [-0.4, -0.2) is 67.5 Å². The monoisotopic (exact) mass is 703 g/mol. The Kier molecular flexibility index (Phi) is 11.5. The first kappa shape index (κ1) is 28.9. The molecule has 2 amide bonds. The molecule has 2 aromatic rings. The fraction of sp³-hybridized carbons (Fsp3) is 0.481. The van der Waals surface area contributed by atoms with Crippen LogP contribution in [0.2, 0.25) is 10.0 Å². The quantitative estimate of drug-likeness (QED) is 0.294. The van der Waals surface area contributed by atoms with Gasteiger partial charge in [0.15, 0.2) is 0 Å². The van der Waals surface area contributed by atoms with Gasteiger partial charge in [-0.1, -0.05) is 47.5 Å². The van der Waals surface area contributed by atoms with Crippen molar-refractivity contribution >= 4 is 35.5 Å². The molecule has 6 nitrogen and oxygen atoms in total. The van der Waals surface area contributed by atoms with Crippen LogP contribution in [0.25, 0.3) is 0 Å². The van der Waals surface area contributed by atoms with Gasteiger partial charge in [-0.05, 0) is 74.0 Å². The van der Waals surface area contributed by atoms with Crippen LogP contribution in [0.4, 0.5) is 0 Å². The van der Waals surface area contributed by atoms with E-state index in [0.717, 1.165) is 30.7 Å². The first-order valence-corrected chi connectivity index (χ1v) is 13.1. The van der Waals surface area contributed by atoms with Crippen LogP contribution in [0, 0.1) is 0 Å². The molecule has 2 aromatic carbocycles. The van der Waals surface area contributed by atoms with E-state index in [-0.39, 0.29) is 32.8 Å². The van der Waals surface area contributed by atoms with E-state index in [1.165, 1.54) is 31.5 Å². The van der Waals surface area contributed by atoms with Crippen LogP contribution in [0.3, 0.4) is 0 Å². The summed E-state index contributed by atoms with van der Waals surface area (Å²) in [5, 5.41) is 3.56. The Morgan fingerprint density at radius 1 is 1.08 bits per heavy atom. The minimum Gasteiger partial charge on any atom is -0.520 e. The summed E-state index contributed by atoms with van der Waals surface area (Å²) in [5.41, 5.74) is 1.97. The molecule has 9 heteroatoms. The van der Waals surface area contributed by atoms with Gasteiger partial charge in [0.05, 0.1) is 6.04 Å². The summed E-state index contributed by atoms with van der Waals surface area (Å²) < 4.78 is 6.19. The summed E-state index contributed by atoms with van der Waals surface area (Å²) in [7, 11) is 0. The molecule has 0 bridgehead atoms. The SMILES string of the molecule is O=[C-]N[C@H](Cc1ccc(Cl)cc1Cl)C(=O)N1CCC(c2ccccc2OCCN2CCCC2)CC1.[Re]. The van der Waals surface area contributed by atoms with Gasteiger partial charge in [-0.3, -0.25) is 9.69 Å². The summed E-state index contributed by atoms with van der Waals surface area (Å²) in [5.74, 6) is 1.16. The van der Waals surface area contributed by atoms with Crippen molar-refractivity contribution in [2.24, 2.45) is 0 Å². The fourth-order valence-electron chi connectivity index (χ4n) is 5.05. The van der Waals surface area contributed by atoms with Gasteiger partial charge in [0.1, 0.15) is 12.4 Å². The molecule has 2 aliphatic heterocycles. The normalized spacial score (nSPS) is 17.3. The molecule has 0 aromatic heterocycles. The molecule has 0 saturated carbocycles. The second-order valence-electron chi connectivity index (χ2n) is 9.27. The zero-order chi connectivity index (χ0) is 24.6. The number of carbonyl (C=O) groups is 1. The Morgan fingerprint density at radius 3 is 2.50 bits per heavy atom. The number of halogens is 2. The maximum Gasteiger partial charge on any atom is 0.242 e. The van der Waals surface area contributed by atoms with Crippen molar-refractivity contribution in [1.29, 1.82) is 0 Å². The standard InChI is InChI=1S/C27H32Cl2N3O3.Re/c28-22-8-7-21(24(29)18-22)17-25(30-19-33)27(34)32-13-9-20(10-14-32)23-5-1-2-6-26(23)35-16-15-31-11-3-4-12-31;/h1-2,5-8,18,20,25H,3-4,9-17H2,(H,30,33);/q-1;/t25-;/m1./s1. The molecule has 0 aliphatic carbocycles. The van der Waals surface area contributed by atoms with Gasteiger partial charge < -0.3 is 19.7 Å². The van der Waals surface area contributed by atoms with E-state index in [0.29, 0.717) is 35.7 Å². The Balaban J connectivity index is 0.00000361. The Labute approximate surface area is 237 Å². The van der Waals surface area contributed by atoms with Crippen LogP contribution in [0.1, 0.15) is 42.7 Å². The molecular weight excluding hydrogens is 671 g/mol. The van der Waals surface area contributed by atoms with E-state index >= 15 is 0 Å². The summed E-state index contributed by atoms with van der Waals surface area (Å²) in [6.07, 6.45) is 6.22. The van der Waals surface area contributed by atoms with Crippen molar-refractivity contribution in [3.63, 3.8) is 0 Å². The number of para-hydroxylation sites is 1. The molecule has 1 radical (unpaired) electrons. The number of amides is 2. The van der Waals surface area contributed by atoms with Crippen molar-refractivity contribution < 1.29 is 34.7 Å². The van der Waals surface area contributed by atoms with Gasteiger partial charge >= 0.3 is 0 Å². The van der Waals surface area contributed by atoms with Crippen molar-refractivity contribution in [1.82, 2.24) is 15.1 Å². The maximum absolute atomic E-state index is 13.2. The zero-order valence-electron chi connectivity index (χ0n) is 20.2. The van der Waals surface area contributed by atoms with E-state index < -0.39 is 6.04 Å². The predicted molar refractivity (Wildman–Crippen MR) is 139 cm³/mol. The second-order valence-corrected chi connectivity index (χ2v) is 10.1. The van der Waals surface area contributed by atoms with E-state index in [2.05, 4.69) is 22.3 Å². The number of nitrogens with zero attached hydrogens (tertiary/aromatic N) is 2. The average Bonchev–Trinajstić information content (AvgIpc) is 3.39. The molecular formula is C27H32Cl2N3O3Re-. The van der Waals surface area contributed by atoms with Crippen molar-refractivity contribution in [3.8, 4) is 5.75 Å². The van der Waals surface area contributed by atoms with Gasteiger partial charge in [0.2, 0.25) is 5.91 Å². The number of ether oxygens (including phenoxy) is 1. The van der Waals surface area contributed by atoms with Crippen molar-refractivity contribution in [2.45, 2.75) is 44.1 Å². The number of piperidine rings is 1. The van der Waals surface area contributed by atoms with Gasteiger partial charge in [0, 0.05) is 56.5 Å². The van der Waals surface area contributed by atoms with Crippen LogP contribution in [0.15, 0.2) is 42.5 Å². The van der Waals surface area contributed by atoms with Gasteiger partial charge in [-0.25, -0.2) is 0 Å². The van der Waals surface area contributed by atoms with Crippen LogP contribution in [-0.2, 0) is 36.4 Å². The second kappa shape index (κ2) is 14.4.